The van der Waals surface area contributed by atoms with Crippen LogP contribution in [-0.4, -0.2) is 40.5 Å². The fourth-order valence-corrected chi connectivity index (χ4v) is 6.73. The van der Waals surface area contributed by atoms with Gasteiger partial charge in [0.15, 0.2) is 5.58 Å². The minimum Gasteiger partial charge on any atom is -0.493 e. The molecule has 258 valence electrons. The molecule has 2 heterocycles. The molecule has 1 aromatic heterocycles. The summed E-state index contributed by atoms with van der Waals surface area (Å²) in [5.41, 5.74) is 4.15. The number of hydrogen-bond acceptors (Lipinski definition) is 8. The van der Waals surface area contributed by atoms with Gasteiger partial charge in [-0.3, -0.25) is 19.2 Å². The van der Waals surface area contributed by atoms with Crippen LogP contribution in [0.15, 0.2) is 142 Å². The molecule has 0 aliphatic carbocycles. The Hall–Kier alpha value is -6.46. The molecule has 1 fully saturated rings. The van der Waals surface area contributed by atoms with Crippen molar-refractivity contribution in [1.82, 2.24) is 10.3 Å². The zero-order chi connectivity index (χ0) is 36.0. The highest BCUT2D eigenvalue weighted by Crippen LogP contribution is 2.35. The van der Waals surface area contributed by atoms with E-state index in [-0.39, 0.29) is 23.9 Å². The summed E-state index contributed by atoms with van der Waals surface area (Å²) in [4.78, 5) is 59.6. The molecular weight excluding hydrogens is 677 g/mol. The number of rotatable bonds is 11. The van der Waals surface area contributed by atoms with E-state index < -0.39 is 17.1 Å². The number of nitrogens with one attached hydrogen (secondary N) is 2. The van der Waals surface area contributed by atoms with Gasteiger partial charge in [0.1, 0.15) is 17.0 Å². The Morgan fingerprint density at radius 3 is 2.35 bits per heavy atom. The van der Waals surface area contributed by atoms with Crippen LogP contribution >= 0.6 is 11.8 Å². The molecular formula is C41H32N4O6S. The SMILES string of the molecule is CCOc1ccccc1/C=C(\NC(=O)c1ccccc1)C(=O)Nc1ccc(SC2CC(=O)N(c3ccc(-c4nc5ccccc5o4)cc3)C2=O)cc1. The molecule has 5 aromatic carbocycles. The normalized spacial score (nSPS) is 14.4. The van der Waals surface area contributed by atoms with Crippen molar-refractivity contribution in [3.05, 3.63) is 144 Å². The summed E-state index contributed by atoms with van der Waals surface area (Å²) in [7, 11) is 0. The quantitative estimate of drug-likeness (QED) is 0.103. The zero-order valence-corrected chi connectivity index (χ0v) is 28.8. The highest BCUT2D eigenvalue weighted by molar-refractivity contribution is 8.00. The van der Waals surface area contributed by atoms with E-state index in [0.717, 1.165) is 16.0 Å². The first-order valence-electron chi connectivity index (χ1n) is 16.6. The van der Waals surface area contributed by atoms with Crippen LogP contribution < -0.4 is 20.3 Å². The number of anilines is 2. The summed E-state index contributed by atoms with van der Waals surface area (Å²) in [5, 5.41) is 4.98. The molecule has 2 N–H and O–H groups in total. The number of oxazole rings is 1. The second-order valence-corrected chi connectivity index (χ2v) is 13.0. The lowest BCUT2D eigenvalue weighted by Gasteiger charge is -2.15. The van der Waals surface area contributed by atoms with Gasteiger partial charge in [-0.2, -0.15) is 0 Å². The van der Waals surface area contributed by atoms with E-state index in [1.807, 2.05) is 43.3 Å². The van der Waals surface area contributed by atoms with E-state index >= 15 is 0 Å². The van der Waals surface area contributed by atoms with E-state index in [1.54, 1.807) is 97.1 Å². The van der Waals surface area contributed by atoms with Crippen molar-refractivity contribution < 1.29 is 28.3 Å². The van der Waals surface area contributed by atoms with Crippen molar-refractivity contribution in [1.29, 1.82) is 0 Å². The minimum absolute atomic E-state index is 0.0245. The number of benzene rings is 5. The van der Waals surface area contributed by atoms with Gasteiger partial charge in [-0.1, -0.05) is 48.5 Å². The summed E-state index contributed by atoms with van der Waals surface area (Å²) in [6.07, 6.45) is 1.62. The van der Waals surface area contributed by atoms with Crippen LogP contribution in [0.2, 0.25) is 0 Å². The maximum Gasteiger partial charge on any atom is 0.272 e. The van der Waals surface area contributed by atoms with Gasteiger partial charge in [-0.25, -0.2) is 9.88 Å². The highest BCUT2D eigenvalue weighted by Gasteiger charge is 2.40. The van der Waals surface area contributed by atoms with Crippen LogP contribution in [0.25, 0.3) is 28.6 Å². The average molecular weight is 709 g/mol. The predicted octanol–water partition coefficient (Wildman–Crippen LogP) is 7.73. The van der Waals surface area contributed by atoms with Crippen LogP contribution in [0, 0.1) is 0 Å². The van der Waals surface area contributed by atoms with Crippen molar-refractivity contribution in [2.75, 3.05) is 16.8 Å². The Kier molecular flexibility index (Phi) is 9.94. The third kappa shape index (κ3) is 7.49. The number of hydrogen-bond donors (Lipinski definition) is 2. The molecule has 1 aliphatic heterocycles. The number of aromatic nitrogens is 1. The molecule has 0 radical (unpaired) electrons. The molecule has 1 aliphatic rings. The first-order chi connectivity index (χ1) is 25.4. The lowest BCUT2D eigenvalue weighted by molar-refractivity contribution is -0.121. The largest absolute Gasteiger partial charge is 0.493 e. The molecule has 7 rings (SSSR count). The Morgan fingerprint density at radius 2 is 1.60 bits per heavy atom. The van der Waals surface area contributed by atoms with Crippen molar-refractivity contribution in [3.8, 4) is 17.2 Å². The Bertz CT molecular complexity index is 2270. The minimum atomic E-state index is -0.613. The van der Waals surface area contributed by atoms with Gasteiger partial charge in [0.2, 0.25) is 17.7 Å². The van der Waals surface area contributed by atoms with Gasteiger partial charge in [0.25, 0.3) is 11.8 Å². The molecule has 1 saturated heterocycles. The number of para-hydroxylation sites is 3. The first kappa shape index (κ1) is 34.0. The lowest BCUT2D eigenvalue weighted by atomic mass is 10.1. The van der Waals surface area contributed by atoms with Crippen molar-refractivity contribution in [2.45, 2.75) is 23.5 Å². The number of fused-ring (bicyclic) bond motifs is 1. The predicted molar refractivity (Wildman–Crippen MR) is 201 cm³/mol. The molecule has 11 heteroatoms. The number of ether oxygens (including phenoxy) is 1. The summed E-state index contributed by atoms with van der Waals surface area (Å²) >= 11 is 1.28. The maximum atomic E-state index is 13.6. The fraction of sp³-hybridized carbons (Fsp3) is 0.0976. The number of carbonyl (C=O) groups is 4. The first-order valence-corrected chi connectivity index (χ1v) is 17.4. The standard InChI is InChI=1S/C41H32N4O6S/c1-2-50-34-14-8-6-12-28(34)24-33(43-38(47)26-10-4-3-5-11-26)39(48)42-29-18-22-31(23-19-29)52-36-25-37(46)45(41(36)49)30-20-16-27(17-21-30)40-44-32-13-7-9-15-35(32)51-40/h3-24,36H,2,25H2,1H3,(H,42,48)(H,43,47)/b33-24-. The average Bonchev–Trinajstić information content (AvgIpc) is 3.73. The summed E-state index contributed by atoms with van der Waals surface area (Å²) < 4.78 is 11.6. The Balaban J connectivity index is 1.02. The molecule has 4 amide bonds. The molecule has 1 atom stereocenters. The lowest BCUT2D eigenvalue weighted by Crippen LogP contribution is -2.31. The number of amides is 4. The molecule has 0 saturated carbocycles. The smallest absolute Gasteiger partial charge is 0.272 e. The second-order valence-electron chi connectivity index (χ2n) is 11.7. The van der Waals surface area contributed by atoms with Crippen LogP contribution in [0.5, 0.6) is 5.75 Å². The van der Waals surface area contributed by atoms with Gasteiger partial charge in [0.05, 0.1) is 17.5 Å². The maximum absolute atomic E-state index is 13.6. The van der Waals surface area contributed by atoms with Crippen molar-refractivity contribution in [3.63, 3.8) is 0 Å². The molecule has 10 nitrogen and oxygen atoms in total. The van der Waals surface area contributed by atoms with E-state index in [4.69, 9.17) is 9.15 Å². The van der Waals surface area contributed by atoms with Gasteiger partial charge >= 0.3 is 0 Å². The van der Waals surface area contributed by atoms with Gasteiger partial charge in [-0.15, -0.1) is 11.8 Å². The topological polar surface area (TPSA) is 131 Å². The Morgan fingerprint density at radius 1 is 0.885 bits per heavy atom. The summed E-state index contributed by atoms with van der Waals surface area (Å²) in [6.45, 7) is 2.30. The number of thioether (sulfide) groups is 1. The van der Waals surface area contributed by atoms with E-state index in [9.17, 15) is 19.2 Å². The Labute approximate surface area is 303 Å². The number of carbonyl (C=O) groups excluding carboxylic acids is 4. The van der Waals surface area contributed by atoms with Crippen molar-refractivity contribution in [2.24, 2.45) is 0 Å². The van der Waals surface area contributed by atoms with E-state index in [0.29, 0.717) is 46.3 Å². The second kappa shape index (κ2) is 15.2. The molecule has 6 aromatic rings. The summed E-state index contributed by atoms with van der Waals surface area (Å²) in [5.74, 6) is -0.545. The van der Waals surface area contributed by atoms with E-state index in [2.05, 4.69) is 15.6 Å². The highest BCUT2D eigenvalue weighted by atomic mass is 32.2. The summed E-state index contributed by atoms with van der Waals surface area (Å²) in [6, 6.07) is 37.3. The van der Waals surface area contributed by atoms with Gasteiger partial charge in [0, 0.05) is 33.7 Å². The molecule has 1 unspecified atom stereocenters. The van der Waals surface area contributed by atoms with E-state index in [1.165, 1.54) is 16.7 Å². The van der Waals surface area contributed by atoms with Crippen LogP contribution in [0.4, 0.5) is 11.4 Å². The molecule has 0 bridgehead atoms. The fourth-order valence-electron chi connectivity index (χ4n) is 5.68. The molecule has 52 heavy (non-hydrogen) atoms. The van der Waals surface area contributed by atoms with Crippen LogP contribution in [-0.2, 0) is 14.4 Å². The van der Waals surface area contributed by atoms with Crippen LogP contribution in [0.3, 0.4) is 0 Å². The third-order valence-electron chi connectivity index (χ3n) is 8.21. The number of nitrogens with zero attached hydrogens (tertiary/aromatic N) is 2. The number of imide groups is 1. The molecule has 0 spiro atoms. The third-order valence-corrected chi connectivity index (χ3v) is 9.41. The zero-order valence-electron chi connectivity index (χ0n) is 27.9. The van der Waals surface area contributed by atoms with Gasteiger partial charge in [-0.05, 0) is 91.9 Å². The monoisotopic (exact) mass is 708 g/mol. The van der Waals surface area contributed by atoms with Crippen molar-refractivity contribution >= 4 is 63.9 Å². The van der Waals surface area contributed by atoms with Crippen LogP contribution in [0.1, 0.15) is 29.3 Å². The van der Waals surface area contributed by atoms with Gasteiger partial charge < -0.3 is 19.8 Å².